The Labute approximate surface area is 150 Å². The van der Waals surface area contributed by atoms with E-state index >= 15 is 0 Å². The highest BCUT2D eigenvalue weighted by atomic mass is 16.5. The van der Waals surface area contributed by atoms with Crippen molar-refractivity contribution in [3.05, 3.63) is 35.7 Å². The first-order valence-corrected chi connectivity index (χ1v) is 8.87. The van der Waals surface area contributed by atoms with Crippen LogP contribution in [0.1, 0.15) is 37.1 Å². The summed E-state index contributed by atoms with van der Waals surface area (Å²) < 4.78 is 5.27. The lowest BCUT2D eigenvalue weighted by Gasteiger charge is -2.19. The molecule has 1 spiro atoms. The molecule has 2 fully saturated rings. The molecule has 1 saturated carbocycles. The third kappa shape index (κ3) is 2.86. The number of amides is 3. The van der Waals surface area contributed by atoms with Crippen LogP contribution in [-0.4, -0.2) is 39.1 Å². The number of benzene rings is 1. The van der Waals surface area contributed by atoms with Gasteiger partial charge in [-0.3, -0.25) is 9.69 Å². The first kappa shape index (κ1) is 16.7. The smallest absolute Gasteiger partial charge is 0.325 e. The van der Waals surface area contributed by atoms with E-state index in [0.29, 0.717) is 24.7 Å². The number of aromatic nitrogens is 2. The SMILES string of the molecule is NCc1ccc(-c2noc(CCN3C(=O)NC4(CCCC4)C3=O)n2)cc1. The third-order valence-electron chi connectivity index (χ3n) is 5.17. The number of hydrogen-bond acceptors (Lipinski definition) is 6. The minimum Gasteiger partial charge on any atom is -0.339 e. The predicted octanol–water partition coefficient (Wildman–Crippen LogP) is 1.60. The van der Waals surface area contributed by atoms with Crippen molar-refractivity contribution in [1.82, 2.24) is 20.4 Å². The Kier molecular flexibility index (Phi) is 4.20. The monoisotopic (exact) mass is 355 g/mol. The van der Waals surface area contributed by atoms with Gasteiger partial charge in [0.2, 0.25) is 11.7 Å². The summed E-state index contributed by atoms with van der Waals surface area (Å²) in [7, 11) is 0. The summed E-state index contributed by atoms with van der Waals surface area (Å²) >= 11 is 0. The maximum Gasteiger partial charge on any atom is 0.325 e. The number of imide groups is 1. The fraction of sp³-hybridized carbons (Fsp3) is 0.444. The van der Waals surface area contributed by atoms with Crippen molar-refractivity contribution in [1.29, 1.82) is 0 Å². The van der Waals surface area contributed by atoms with Gasteiger partial charge in [-0.15, -0.1) is 0 Å². The summed E-state index contributed by atoms with van der Waals surface area (Å²) in [4.78, 5) is 30.4. The number of rotatable bonds is 5. The molecule has 2 aliphatic rings. The molecule has 1 saturated heterocycles. The van der Waals surface area contributed by atoms with Crippen molar-refractivity contribution in [2.24, 2.45) is 5.73 Å². The van der Waals surface area contributed by atoms with Crippen molar-refractivity contribution in [3.8, 4) is 11.4 Å². The van der Waals surface area contributed by atoms with Crippen molar-refractivity contribution < 1.29 is 14.1 Å². The lowest BCUT2D eigenvalue weighted by molar-refractivity contribution is -0.131. The quantitative estimate of drug-likeness (QED) is 0.788. The predicted molar refractivity (Wildman–Crippen MR) is 92.8 cm³/mol. The summed E-state index contributed by atoms with van der Waals surface area (Å²) in [5.41, 5.74) is 6.77. The van der Waals surface area contributed by atoms with Gasteiger partial charge in [0.05, 0.1) is 0 Å². The highest BCUT2D eigenvalue weighted by Crippen LogP contribution is 2.35. The van der Waals surface area contributed by atoms with Crippen molar-refractivity contribution in [2.45, 2.75) is 44.2 Å². The molecule has 136 valence electrons. The molecule has 8 heteroatoms. The standard InChI is InChI=1S/C18H21N5O3/c19-11-12-3-5-13(6-4-12)15-20-14(26-22-15)7-10-23-16(24)18(21-17(23)25)8-1-2-9-18/h3-6H,1-2,7-11,19H2,(H,21,25). The average Bonchev–Trinajstić information content (AvgIpc) is 3.36. The average molecular weight is 355 g/mol. The molecule has 1 aromatic heterocycles. The van der Waals surface area contributed by atoms with E-state index in [4.69, 9.17) is 10.3 Å². The molecule has 26 heavy (non-hydrogen) atoms. The van der Waals surface area contributed by atoms with Crippen LogP contribution in [-0.2, 0) is 17.8 Å². The van der Waals surface area contributed by atoms with E-state index in [-0.39, 0.29) is 18.5 Å². The van der Waals surface area contributed by atoms with E-state index in [0.717, 1.165) is 36.8 Å². The zero-order valence-corrected chi connectivity index (χ0v) is 14.4. The summed E-state index contributed by atoms with van der Waals surface area (Å²) in [5.74, 6) is 0.751. The van der Waals surface area contributed by atoms with Crippen LogP contribution in [0, 0.1) is 0 Å². The van der Waals surface area contributed by atoms with E-state index in [1.165, 1.54) is 4.90 Å². The van der Waals surface area contributed by atoms with Gasteiger partial charge in [0.1, 0.15) is 5.54 Å². The number of nitrogens with two attached hydrogens (primary N) is 1. The highest BCUT2D eigenvalue weighted by molar-refractivity contribution is 6.07. The molecule has 0 unspecified atom stereocenters. The first-order chi connectivity index (χ1) is 12.6. The highest BCUT2D eigenvalue weighted by Gasteiger charge is 2.52. The molecule has 2 aromatic rings. The summed E-state index contributed by atoms with van der Waals surface area (Å²) in [5, 5.41) is 6.84. The van der Waals surface area contributed by atoms with E-state index in [1.807, 2.05) is 24.3 Å². The molecule has 0 radical (unpaired) electrons. The van der Waals surface area contributed by atoms with E-state index in [9.17, 15) is 9.59 Å². The normalized spacial score (nSPS) is 18.7. The molecular weight excluding hydrogens is 334 g/mol. The number of hydrogen-bond donors (Lipinski definition) is 2. The summed E-state index contributed by atoms with van der Waals surface area (Å²) in [6.45, 7) is 0.714. The Morgan fingerprint density at radius 1 is 1.19 bits per heavy atom. The zero-order valence-electron chi connectivity index (χ0n) is 14.4. The van der Waals surface area contributed by atoms with Crippen molar-refractivity contribution in [3.63, 3.8) is 0 Å². The Balaban J connectivity index is 1.41. The van der Waals surface area contributed by atoms with Crippen LogP contribution in [0.25, 0.3) is 11.4 Å². The van der Waals surface area contributed by atoms with E-state index in [2.05, 4.69) is 15.5 Å². The van der Waals surface area contributed by atoms with Gasteiger partial charge in [0.25, 0.3) is 5.91 Å². The second-order valence-electron chi connectivity index (χ2n) is 6.84. The van der Waals surface area contributed by atoms with Crippen LogP contribution >= 0.6 is 0 Å². The number of nitrogens with one attached hydrogen (secondary N) is 1. The maximum absolute atomic E-state index is 12.6. The Hall–Kier alpha value is -2.74. The lowest BCUT2D eigenvalue weighted by Crippen LogP contribution is -2.44. The van der Waals surface area contributed by atoms with Crippen LogP contribution in [0.15, 0.2) is 28.8 Å². The van der Waals surface area contributed by atoms with Gasteiger partial charge < -0.3 is 15.6 Å². The number of carbonyl (C=O) groups is 2. The largest absolute Gasteiger partial charge is 0.339 e. The van der Waals surface area contributed by atoms with Gasteiger partial charge in [-0.05, 0) is 18.4 Å². The lowest BCUT2D eigenvalue weighted by atomic mass is 9.98. The van der Waals surface area contributed by atoms with Crippen LogP contribution < -0.4 is 11.1 Å². The van der Waals surface area contributed by atoms with Gasteiger partial charge in [-0.1, -0.05) is 42.3 Å². The second kappa shape index (κ2) is 6.53. The van der Waals surface area contributed by atoms with Gasteiger partial charge >= 0.3 is 6.03 Å². The summed E-state index contributed by atoms with van der Waals surface area (Å²) in [6.07, 6.45) is 3.71. The molecule has 2 heterocycles. The Morgan fingerprint density at radius 3 is 2.62 bits per heavy atom. The fourth-order valence-electron chi connectivity index (χ4n) is 3.67. The van der Waals surface area contributed by atoms with Crippen LogP contribution in [0.2, 0.25) is 0 Å². The molecule has 1 aliphatic heterocycles. The molecule has 1 aromatic carbocycles. The Bertz CT molecular complexity index is 824. The molecule has 0 bridgehead atoms. The molecular formula is C18H21N5O3. The number of urea groups is 1. The topological polar surface area (TPSA) is 114 Å². The zero-order chi connectivity index (χ0) is 18.1. The van der Waals surface area contributed by atoms with Crippen LogP contribution in [0.4, 0.5) is 4.79 Å². The van der Waals surface area contributed by atoms with E-state index < -0.39 is 5.54 Å². The molecule has 1 aliphatic carbocycles. The van der Waals surface area contributed by atoms with E-state index in [1.54, 1.807) is 0 Å². The fourth-order valence-corrected chi connectivity index (χ4v) is 3.67. The molecule has 8 nitrogen and oxygen atoms in total. The van der Waals surface area contributed by atoms with Crippen molar-refractivity contribution >= 4 is 11.9 Å². The minimum atomic E-state index is -0.679. The molecule has 3 amide bonds. The van der Waals surface area contributed by atoms with Crippen LogP contribution in [0.5, 0.6) is 0 Å². The number of carbonyl (C=O) groups excluding carboxylic acids is 2. The van der Waals surface area contributed by atoms with Gasteiger partial charge in [-0.25, -0.2) is 4.79 Å². The molecule has 3 N–H and O–H groups in total. The second-order valence-corrected chi connectivity index (χ2v) is 6.84. The maximum atomic E-state index is 12.6. The number of nitrogens with zero attached hydrogens (tertiary/aromatic N) is 3. The first-order valence-electron chi connectivity index (χ1n) is 8.87. The van der Waals surface area contributed by atoms with Crippen molar-refractivity contribution in [2.75, 3.05) is 6.54 Å². The van der Waals surface area contributed by atoms with Crippen LogP contribution in [0.3, 0.4) is 0 Å². The molecule has 4 rings (SSSR count). The van der Waals surface area contributed by atoms with Gasteiger partial charge in [0.15, 0.2) is 0 Å². The minimum absolute atomic E-state index is 0.128. The third-order valence-corrected chi connectivity index (χ3v) is 5.17. The summed E-state index contributed by atoms with van der Waals surface area (Å²) in [6, 6.07) is 7.28. The van der Waals surface area contributed by atoms with Gasteiger partial charge in [0, 0.05) is 25.1 Å². The molecule has 0 atom stereocenters. The van der Waals surface area contributed by atoms with Gasteiger partial charge in [-0.2, -0.15) is 4.98 Å². The Morgan fingerprint density at radius 2 is 1.92 bits per heavy atom.